The molecule has 1 heterocycles. The minimum atomic E-state index is -0.459. The summed E-state index contributed by atoms with van der Waals surface area (Å²) < 4.78 is 4.85. The van der Waals surface area contributed by atoms with Crippen molar-refractivity contribution in [1.29, 1.82) is 0 Å². The molecule has 0 fully saturated rings. The van der Waals surface area contributed by atoms with Crippen LogP contribution in [0.5, 0.6) is 0 Å². The first kappa shape index (κ1) is 19.7. The maximum atomic E-state index is 12.1. The molecule has 2 aromatic carbocycles. The number of halogens is 2. The van der Waals surface area contributed by atoms with Crippen molar-refractivity contribution in [2.75, 3.05) is 30.1 Å². The minimum absolute atomic E-state index is 0.278. The molecular weight excluding hydrogens is 401 g/mol. The van der Waals surface area contributed by atoms with Gasteiger partial charge in [0.05, 0.1) is 34.1 Å². The zero-order valence-electron chi connectivity index (χ0n) is 15.1. The molecule has 9 heteroatoms. The standard InChI is InChI=1S/C19H17Cl2N5O2/c1-26(14-9-4-3-6-11(14)19(27)28-2)18-16(22)17(23-10-24-18)25-13-8-5-7-12(20)15(13)21/h3-10H,22H2,1-2H3,(H,23,24,25). The van der Waals surface area contributed by atoms with Gasteiger partial charge < -0.3 is 20.7 Å². The van der Waals surface area contributed by atoms with Gasteiger partial charge in [0.1, 0.15) is 12.0 Å². The Labute approximate surface area is 172 Å². The summed E-state index contributed by atoms with van der Waals surface area (Å²) in [6, 6.07) is 12.2. The summed E-state index contributed by atoms with van der Waals surface area (Å²) in [7, 11) is 3.07. The van der Waals surface area contributed by atoms with Crippen molar-refractivity contribution in [3.05, 3.63) is 64.4 Å². The van der Waals surface area contributed by atoms with Crippen molar-refractivity contribution < 1.29 is 9.53 Å². The van der Waals surface area contributed by atoms with Crippen LogP contribution in [0.3, 0.4) is 0 Å². The lowest BCUT2D eigenvalue weighted by molar-refractivity contribution is 0.0601. The number of benzene rings is 2. The Balaban J connectivity index is 2.00. The molecule has 0 unspecified atom stereocenters. The van der Waals surface area contributed by atoms with Gasteiger partial charge >= 0.3 is 5.97 Å². The Morgan fingerprint density at radius 3 is 2.64 bits per heavy atom. The average Bonchev–Trinajstić information content (AvgIpc) is 2.71. The number of ether oxygens (including phenoxy) is 1. The molecule has 0 aliphatic heterocycles. The number of esters is 1. The Kier molecular flexibility index (Phi) is 5.87. The van der Waals surface area contributed by atoms with E-state index in [1.54, 1.807) is 54.4 Å². The maximum Gasteiger partial charge on any atom is 0.339 e. The predicted octanol–water partition coefficient (Wildman–Crippen LogP) is 4.66. The second-order valence-corrected chi connectivity index (χ2v) is 6.54. The van der Waals surface area contributed by atoms with Crippen LogP contribution in [0.25, 0.3) is 0 Å². The number of nitrogens with zero attached hydrogens (tertiary/aromatic N) is 3. The van der Waals surface area contributed by atoms with Gasteiger partial charge in [0, 0.05) is 7.05 Å². The van der Waals surface area contributed by atoms with Crippen LogP contribution in [0.2, 0.25) is 10.0 Å². The molecule has 0 saturated carbocycles. The molecule has 1 aromatic heterocycles. The first-order chi connectivity index (χ1) is 13.4. The van der Waals surface area contributed by atoms with E-state index in [2.05, 4.69) is 15.3 Å². The number of nitrogen functional groups attached to an aromatic ring is 1. The van der Waals surface area contributed by atoms with Gasteiger partial charge in [0.25, 0.3) is 0 Å². The lowest BCUT2D eigenvalue weighted by Crippen LogP contribution is -2.18. The van der Waals surface area contributed by atoms with E-state index in [4.69, 9.17) is 33.7 Å². The van der Waals surface area contributed by atoms with E-state index in [1.165, 1.54) is 13.4 Å². The van der Waals surface area contributed by atoms with E-state index in [9.17, 15) is 4.79 Å². The van der Waals surface area contributed by atoms with E-state index < -0.39 is 5.97 Å². The van der Waals surface area contributed by atoms with Crippen molar-refractivity contribution >= 4 is 57.9 Å². The summed E-state index contributed by atoms with van der Waals surface area (Å²) in [4.78, 5) is 22.2. The van der Waals surface area contributed by atoms with Gasteiger partial charge in [0.15, 0.2) is 11.6 Å². The largest absolute Gasteiger partial charge is 0.465 e. The smallest absolute Gasteiger partial charge is 0.339 e. The normalized spacial score (nSPS) is 10.4. The molecule has 7 nitrogen and oxygen atoms in total. The number of carbonyl (C=O) groups excluding carboxylic acids is 1. The van der Waals surface area contributed by atoms with Crippen LogP contribution in [0, 0.1) is 0 Å². The number of nitrogens with two attached hydrogens (primary N) is 1. The number of methoxy groups -OCH3 is 1. The number of hydrogen-bond acceptors (Lipinski definition) is 7. The quantitative estimate of drug-likeness (QED) is 0.582. The molecule has 0 amide bonds. The number of nitrogens with one attached hydrogen (secondary N) is 1. The fraction of sp³-hybridized carbons (Fsp3) is 0.105. The number of aromatic nitrogens is 2. The third-order valence-corrected chi connectivity index (χ3v) is 4.87. The summed E-state index contributed by atoms with van der Waals surface area (Å²) in [5.41, 5.74) is 8.11. The molecule has 0 bridgehead atoms. The van der Waals surface area contributed by atoms with Crippen LogP contribution in [0.15, 0.2) is 48.8 Å². The molecule has 0 spiro atoms. The van der Waals surface area contributed by atoms with Crippen molar-refractivity contribution in [3.8, 4) is 0 Å². The van der Waals surface area contributed by atoms with Crippen LogP contribution in [-0.2, 0) is 4.74 Å². The fourth-order valence-electron chi connectivity index (χ4n) is 2.64. The highest BCUT2D eigenvalue weighted by atomic mass is 35.5. The highest BCUT2D eigenvalue weighted by molar-refractivity contribution is 6.43. The molecular formula is C19H17Cl2N5O2. The first-order valence-corrected chi connectivity index (χ1v) is 8.92. The Bertz CT molecular complexity index is 1030. The third kappa shape index (κ3) is 3.81. The minimum Gasteiger partial charge on any atom is -0.465 e. The third-order valence-electron chi connectivity index (χ3n) is 4.06. The Morgan fingerprint density at radius 1 is 1.14 bits per heavy atom. The second-order valence-electron chi connectivity index (χ2n) is 5.75. The van der Waals surface area contributed by atoms with Gasteiger partial charge in [-0.3, -0.25) is 0 Å². The van der Waals surface area contributed by atoms with Gasteiger partial charge in [-0.1, -0.05) is 41.4 Å². The fourth-order valence-corrected chi connectivity index (χ4v) is 2.99. The summed E-state index contributed by atoms with van der Waals surface area (Å²) in [6.45, 7) is 0. The van der Waals surface area contributed by atoms with E-state index in [0.717, 1.165) is 0 Å². The summed E-state index contributed by atoms with van der Waals surface area (Å²) in [6.07, 6.45) is 1.36. The number of para-hydroxylation sites is 1. The predicted molar refractivity (Wildman–Crippen MR) is 112 cm³/mol. The van der Waals surface area contributed by atoms with E-state index in [-0.39, 0.29) is 5.69 Å². The van der Waals surface area contributed by atoms with Crippen LogP contribution in [0.1, 0.15) is 10.4 Å². The van der Waals surface area contributed by atoms with Crippen molar-refractivity contribution in [2.45, 2.75) is 0 Å². The number of carbonyl (C=O) groups is 1. The molecule has 3 N–H and O–H groups in total. The zero-order chi connectivity index (χ0) is 20.3. The SMILES string of the molecule is COC(=O)c1ccccc1N(C)c1ncnc(Nc2cccc(Cl)c2Cl)c1N. The number of hydrogen-bond donors (Lipinski definition) is 2. The van der Waals surface area contributed by atoms with Crippen molar-refractivity contribution in [2.24, 2.45) is 0 Å². The molecule has 0 aliphatic rings. The Morgan fingerprint density at radius 2 is 1.89 bits per heavy atom. The highest BCUT2D eigenvalue weighted by Crippen LogP contribution is 2.36. The van der Waals surface area contributed by atoms with Crippen LogP contribution >= 0.6 is 23.2 Å². The lowest BCUT2D eigenvalue weighted by Gasteiger charge is -2.23. The number of anilines is 5. The van der Waals surface area contributed by atoms with Gasteiger partial charge in [0.2, 0.25) is 0 Å². The van der Waals surface area contributed by atoms with Gasteiger partial charge in [-0.25, -0.2) is 14.8 Å². The zero-order valence-corrected chi connectivity index (χ0v) is 16.6. The second kappa shape index (κ2) is 8.33. The first-order valence-electron chi connectivity index (χ1n) is 8.16. The molecule has 144 valence electrons. The number of rotatable bonds is 5. The maximum absolute atomic E-state index is 12.1. The van der Waals surface area contributed by atoms with E-state index in [1.807, 2.05) is 0 Å². The van der Waals surface area contributed by atoms with E-state index in [0.29, 0.717) is 38.6 Å². The average molecular weight is 418 g/mol. The van der Waals surface area contributed by atoms with Gasteiger partial charge in [-0.2, -0.15) is 0 Å². The van der Waals surface area contributed by atoms with Crippen LogP contribution in [0.4, 0.5) is 28.7 Å². The van der Waals surface area contributed by atoms with E-state index >= 15 is 0 Å². The monoisotopic (exact) mass is 417 g/mol. The molecule has 3 rings (SSSR count). The molecule has 0 radical (unpaired) electrons. The molecule has 0 saturated heterocycles. The summed E-state index contributed by atoms with van der Waals surface area (Å²) in [5, 5.41) is 3.83. The molecule has 0 aliphatic carbocycles. The summed E-state index contributed by atoms with van der Waals surface area (Å²) >= 11 is 12.3. The van der Waals surface area contributed by atoms with Gasteiger partial charge in [-0.05, 0) is 24.3 Å². The molecule has 3 aromatic rings. The van der Waals surface area contributed by atoms with Crippen molar-refractivity contribution in [1.82, 2.24) is 9.97 Å². The van der Waals surface area contributed by atoms with Crippen molar-refractivity contribution in [3.63, 3.8) is 0 Å². The van der Waals surface area contributed by atoms with Crippen LogP contribution < -0.4 is 16.0 Å². The summed E-state index contributed by atoms with van der Waals surface area (Å²) in [5.74, 6) is 0.308. The Hall–Kier alpha value is -3.03. The molecule has 28 heavy (non-hydrogen) atoms. The van der Waals surface area contributed by atoms with Crippen LogP contribution in [-0.4, -0.2) is 30.1 Å². The highest BCUT2D eigenvalue weighted by Gasteiger charge is 2.20. The van der Waals surface area contributed by atoms with Gasteiger partial charge in [-0.15, -0.1) is 0 Å². The topological polar surface area (TPSA) is 93.4 Å². The lowest BCUT2D eigenvalue weighted by atomic mass is 10.1. The molecule has 0 atom stereocenters.